The minimum atomic E-state index is -2.82. The Morgan fingerprint density at radius 1 is 0.853 bits per heavy atom. The second kappa shape index (κ2) is 16.3. The van der Waals surface area contributed by atoms with Gasteiger partial charge in [0.05, 0.1) is 6.61 Å². The van der Waals surface area contributed by atoms with Crippen molar-refractivity contribution < 1.29 is 36.1 Å². The summed E-state index contributed by atoms with van der Waals surface area (Å²) in [6, 6.07) is 1.41. The predicted molar refractivity (Wildman–Crippen MR) is 141 cm³/mol. The van der Waals surface area contributed by atoms with E-state index in [1.165, 1.54) is 0 Å². The molecule has 1 unspecified atom stereocenters. The van der Waals surface area contributed by atoms with Crippen LogP contribution in [-0.4, -0.2) is 81.3 Å². The van der Waals surface area contributed by atoms with Gasteiger partial charge in [0.25, 0.3) is 0 Å². The Morgan fingerprint density at radius 2 is 1.32 bits per heavy atom. The second-order valence-electron chi connectivity index (χ2n) is 9.53. The lowest BCUT2D eigenvalue weighted by atomic mass is 10.2. The number of rotatable bonds is 16. The first-order valence-electron chi connectivity index (χ1n) is 12.5. The van der Waals surface area contributed by atoms with E-state index in [1.807, 2.05) is 0 Å². The largest absolute Gasteiger partial charge is 0.501 e. The summed E-state index contributed by atoms with van der Waals surface area (Å²) in [4.78, 5) is 11.7. The highest BCUT2D eigenvalue weighted by Crippen LogP contribution is 2.27. The number of thiol groups is 2. The van der Waals surface area contributed by atoms with Crippen LogP contribution in [0.1, 0.15) is 46.5 Å². The fourth-order valence-corrected chi connectivity index (χ4v) is 9.91. The van der Waals surface area contributed by atoms with Crippen molar-refractivity contribution in [2.24, 2.45) is 17.8 Å². The molecule has 2 aliphatic heterocycles. The standard InChI is InChI=1S/C22H44O8S2Si2/c1-19-13-25-33(26-14-19,11-5-8-24-22(23)7-4-9-31)27-15-20(2)16-28-34(12-6-10-32)29-17-21(3)18-30-34/h19-21,31-32H,4-18H2,1-3H3. The molecule has 2 aliphatic rings. The van der Waals surface area contributed by atoms with E-state index in [0.717, 1.165) is 24.6 Å². The van der Waals surface area contributed by atoms with Crippen LogP contribution in [0.15, 0.2) is 0 Å². The molecule has 0 amide bonds. The molecular weight excluding hydrogens is 513 g/mol. The van der Waals surface area contributed by atoms with Crippen molar-refractivity contribution >= 4 is 48.8 Å². The van der Waals surface area contributed by atoms with Crippen LogP contribution in [0.4, 0.5) is 0 Å². The summed E-state index contributed by atoms with van der Waals surface area (Å²) in [5.41, 5.74) is 0. The maximum atomic E-state index is 11.7. The summed E-state index contributed by atoms with van der Waals surface area (Å²) in [5.74, 6) is 2.12. The molecule has 0 aromatic heterocycles. The predicted octanol–water partition coefficient (Wildman–Crippen LogP) is 3.86. The summed E-state index contributed by atoms with van der Waals surface area (Å²) in [6.45, 7) is 10.2. The van der Waals surface area contributed by atoms with Crippen molar-refractivity contribution in [1.29, 1.82) is 0 Å². The molecule has 200 valence electrons. The van der Waals surface area contributed by atoms with Crippen LogP contribution in [0.25, 0.3) is 0 Å². The molecule has 0 radical (unpaired) electrons. The SMILES string of the molecule is CC1CO[Si](CCCS)(OCC(C)CO[Si]2(CCCOC(=O)CCCS)OCC(C)CO2)OC1. The summed E-state index contributed by atoms with van der Waals surface area (Å²) in [6.07, 6.45) is 2.68. The third kappa shape index (κ3) is 11.2. The van der Waals surface area contributed by atoms with Gasteiger partial charge in [-0.1, -0.05) is 20.8 Å². The molecule has 0 N–H and O–H groups in total. The average Bonchev–Trinajstić information content (AvgIpc) is 2.85. The molecule has 0 saturated carbocycles. The molecule has 0 aliphatic carbocycles. The third-order valence-corrected chi connectivity index (χ3v) is 11.8. The van der Waals surface area contributed by atoms with Crippen LogP contribution >= 0.6 is 25.3 Å². The molecule has 0 bridgehead atoms. The highest BCUT2D eigenvalue weighted by molar-refractivity contribution is 7.80. The number of carbonyl (C=O) groups excluding carboxylic acids is 1. The molecule has 8 nitrogen and oxygen atoms in total. The zero-order valence-electron chi connectivity index (χ0n) is 21.0. The smallest absolute Gasteiger partial charge is 0.466 e. The van der Waals surface area contributed by atoms with Crippen LogP contribution in [0.2, 0.25) is 12.1 Å². The van der Waals surface area contributed by atoms with Crippen molar-refractivity contribution in [3.8, 4) is 0 Å². The fourth-order valence-electron chi connectivity index (χ4n) is 3.51. The number of hydrogen-bond donors (Lipinski definition) is 2. The molecule has 0 spiro atoms. The van der Waals surface area contributed by atoms with Crippen molar-refractivity contribution in [2.45, 2.75) is 58.5 Å². The third-order valence-electron chi connectivity index (χ3n) is 5.60. The Bertz CT molecular complexity index is 568. The van der Waals surface area contributed by atoms with E-state index in [1.54, 1.807) is 0 Å². The van der Waals surface area contributed by atoms with Crippen LogP contribution in [0.3, 0.4) is 0 Å². The highest BCUT2D eigenvalue weighted by atomic mass is 32.1. The van der Waals surface area contributed by atoms with E-state index in [4.69, 9.17) is 31.3 Å². The lowest BCUT2D eigenvalue weighted by Gasteiger charge is -2.38. The summed E-state index contributed by atoms with van der Waals surface area (Å²) in [5, 5.41) is 0. The van der Waals surface area contributed by atoms with Gasteiger partial charge >= 0.3 is 23.6 Å². The number of carbonyl (C=O) groups is 1. The van der Waals surface area contributed by atoms with Gasteiger partial charge in [-0.05, 0) is 30.8 Å². The van der Waals surface area contributed by atoms with E-state index >= 15 is 0 Å². The van der Waals surface area contributed by atoms with Crippen LogP contribution in [-0.2, 0) is 36.1 Å². The molecule has 0 aromatic carbocycles. The van der Waals surface area contributed by atoms with Gasteiger partial charge in [-0.15, -0.1) is 0 Å². The van der Waals surface area contributed by atoms with E-state index in [0.29, 0.717) is 82.7 Å². The molecule has 0 aromatic rings. The quantitative estimate of drug-likeness (QED) is 0.128. The Morgan fingerprint density at radius 3 is 1.79 bits per heavy atom. The molecular formula is C22H44O8S2Si2. The average molecular weight is 557 g/mol. The molecule has 12 heteroatoms. The van der Waals surface area contributed by atoms with Crippen molar-refractivity contribution in [2.75, 3.05) is 57.8 Å². The summed E-state index contributed by atoms with van der Waals surface area (Å²) in [7, 11) is -5.48. The first-order chi connectivity index (χ1) is 16.3. The molecule has 2 heterocycles. The molecule has 2 fully saturated rings. The van der Waals surface area contributed by atoms with Gasteiger partial charge in [-0.2, -0.15) is 25.3 Å². The maximum absolute atomic E-state index is 11.7. The Hall–Kier alpha value is 0.364. The topological polar surface area (TPSA) is 81.7 Å². The lowest BCUT2D eigenvalue weighted by molar-refractivity contribution is -0.143. The Labute approximate surface area is 218 Å². The van der Waals surface area contributed by atoms with Crippen LogP contribution < -0.4 is 0 Å². The van der Waals surface area contributed by atoms with Crippen LogP contribution in [0.5, 0.6) is 0 Å². The van der Waals surface area contributed by atoms with Crippen LogP contribution in [0, 0.1) is 17.8 Å². The number of ether oxygens (including phenoxy) is 1. The number of esters is 1. The number of hydrogen-bond acceptors (Lipinski definition) is 10. The lowest BCUT2D eigenvalue weighted by Crippen LogP contribution is -2.53. The van der Waals surface area contributed by atoms with E-state index in [9.17, 15) is 4.79 Å². The van der Waals surface area contributed by atoms with Gasteiger partial charge in [0.1, 0.15) is 0 Å². The zero-order chi connectivity index (χ0) is 24.9. The van der Waals surface area contributed by atoms with Gasteiger partial charge in [-0.3, -0.25) is 4.79 Å². The monoisotopic (exact) mass is 556 g/mol. The maximum Gasteiger partial charge on any atom is 0.501 e. The molecule has 2 saturated heterocycles. The van der Waals surface area contributed by atoms with Crippen molar-refractivity contribution in [1.82, 2.24) is 0 Å². The molecule has 1 atom stereocenters. The zero-order valence-corrected chi connectivity index (χ0v) is 24.8. The van der Waals surface area contributed by atoms with Gasteiger partial charge in [0.2, 0.25) is 0 Å². The van der Waals surface area contributed by atoms with Crippen molar-refractivity contribution in [3.63, 3.8) is 0 Å². The second-order valence-corrected chi connectivity index (χ2v) is 15.9. The normalized spacial score (nSPS) is 30.7. The minimum absolute atomic E-state index is 0.127. The minimum Gasteiger partial charge on any atom is -0.466 e. The fraction of sp³-hybridized carbons (Fsp3) is 0.955. The van der Waals surface area contributed by atoms with Gasteiger partial charge in [0.15, 0.2) is 0 Å². The van der Waals surface area contributed by atoms with Gasteiger partial charge in [-0.25, -0.2) is 0 Å². The van der Waals surface area contributed by atoms with Crippen molar-refractivity contribution in [3.05, 3.63) is 0 Å². The summed E-state index contributed by atoms with van der Waals surface area (Å²) >= 11 is 8.46. The highest BCUT2D eigenvalue weighted by Gasteiger charge is 2.46. The molecule has 34 heavy (non-hydrogen) atoms. The first kappa shape index (κ1) is 30.6. The van der Waals surface area contributed by atoms with Gasteiger partial charge < -0.3 is 31.3 Å². The van der Waals surface area contributed by atoms with E-state index < -0.39 is 17.6 Å². The Kier molecular flexibility index (Phi) is 14.6. The summed E-state index contributed by atoms with van der Waals surface area (Å²) < 4.78 is 42.4. The first-order valence-corrected chi connectivity index (χ1v) is 17.7. The van der Waals surface area contributed by atoms with Gasteiger partial charge in [0, 0.05) is 75.9 Å². The Balaban J connectivity index is 1.80. The van der Waals surface area contributed by atoms with E-state index in [-0.39, 0.29) is 11.9 Å². The van der Waals surface area contributed by atoms with E-state index in [2.05, 4.69) is 46.0 Å². The molecule has 2 rings (SSSR count).